The Labute approximate surface area is 72.7 Å². The Bertz CT molecular complexity index is 270. The van der Waals surface area contributed by atoms with Gasteiger partial charge < -0.3 is 5.73 Å². The SMILES string of the molecule is Cc1ccc(C)c(C(N)NN)c1. The van der Waals surface area contributed by atoms with E-state index in [1.807, 2.05) is 26.0 Å². The van der Waals surface area contributed by atoms with Crippen molar-refractivity contribution in [2.24, 2.45) is 11.6 Å². The minimum Gasteiger partial charge on any atom is -0.311 e. The summed E-state index contributed by atoms with van der Waals surface area (Å²) < 4.78 is 0. The minimum absolute atomic E-state index is 0.273. The monoisotopic (exact) mass is 165 g/mol. The van der Waals surface area contributed by atoms with E-state index in [-0.39, 0.29) is 6.17 Å². The van der Waals surface area contributed by atoms with E-state index in [1.165, 1.54) is 5.56 Å². The molecule has 1 unspecified atom stereocenters. The van der Waals surface area contributed by atoms with Crippen molar-refractivity contribution >= 4 is 0 Å². The molecule has 0 aliphatic heterocycles. The maximum Gasteiger partial charge on any atom is 0.0938 e. The quantitative estimate of drug-likeness (QED) is 0.344. The van der Waals surface area contributed by atoms with Gasteiger partial charge in [-0.05, 0) is 25.0 Å². The molecular weight excluding hydrogens is 150 g/mol. The average Bonchev–Trinajstić information content (AvgIpc) is 2.08. The van der Waals surface area contributed by atoms with E-state index < -0.39 is 0 Å². The van der Waals surface area contributed by atoms with Crippen molar-refractivity contribution in [2.45, 2.75) is 20.0 Å². The zero-order valence-corrected chi connectivity index (χ0v) is 7.46. The van der Waals surface area contributed by atoms with Gasteiger partial charge in [0.2, 0.25) is 0 Å². The summed E-state index contributed by atoms with van der Waals surface area (Å²) in [7, 11) is 0. The van der Waals surface area contributed by atoms with Gasteiger partial charge in [0.05, 0.1) is 6.17 Å². The van der Waals surface area contributed by atoms with Crippen molar-refractivity contribution in [3.05, 3.63) is 34.9 Å². The fourth-order valence-corrected chi connectivity index (χ4v) is 1.18. The molecule has 0 bridgehead atoms. The highest BCUT2D eigenvalue weighted by Crippen LogP contribution is 2.14. The van der Waals surface area contributed by atoms with Gasteiger partial charge in [0.15, 0.2) is 0 Å². The number of nitrogens with two attached hydrogens (primary N) is 2. The number of hydrogen-bond donors (Lipinski definition) is 3. The first-order chi connectivity index (χ1) is 5.65. The first-order valence-electron chi connectivity index (χ1n) is 3.94. The first-order valence-corrected chi connectivity index (χ1v) is 3.94. The summed E-state index contributed by atoms with van der Waals surface area (Å²) in [5, 5.41) is 0. The Hall–Kier alpha value is -0.900. The predicted octanol–water partition coefficient (Wildman–Crippen LogP) is 0.724. The fraction of sp³-hybridized carbons (Fsp3) is 0.333. The lowest BCUT2D eigenvalue weighted by atomic mass is 10.0. The van der Waals surface area contributed by atoms with Crippen LogP contribution >= 0.6 is 0 Å². The van der Waals surface area contributed by atoms with Gasteiger partial charge in [-0.25, -0.2) is 5.43 Å². The molecule has 0 fully saturated rings. The Morgan fingerprint density at radius 1 is 1.33 bits per heavy atom. The van der Waals surface area contributed by atoms with Crippen LogP contribution in [0.1, 0.15) is 22.9 Å². The summed E-state index contributed by atoms with van der Waals surface area (Å²) in [6.45, 7) is 4.05. The summed E-state index contributed by atoms with van der Waals surface area (Å²) in [6.07, 6.45) is -0.273. The second kappa shape index (κ2) is 3.67. The molecule has 0 saturated carbocycles. The largest absolute Gasteiger partial charge is 0.311 e. The summed E-state index contributed by atoms with van der Waals surface area (Å²) in [5.41, 5.74) is 11.7. The van der Waals surface area contributed by atoms with Gasteiger partial charge >= 0.3 is 0 Å². The van der Waals surface area contributed by atoms with Crippen molar-refractivity contribution in [1.82, 2.24) is 5.43 Å². The molecule has 0 saturated heterocycles. The number of aryl methyl sites for hydroxylation is 2. The smallest absolute Gasteiger partial charge is 0.0938 e. The van der Waals surface area contributed by atoms with Crippen LogP contribution in [0.2, 0.25) is 0 Å². The zero-order chi connectivity index (χ0) is 9.14. The molecule has 1 atom stereocenters. The Morgan fingerprint density at radius 3 is 2.58 bits per heavy atom. The van der Waals surface area contributed by atoms with Gasteiger partial charge in [-0.3, -0.25) is 5.84 Å². The third kappa shape index (κ3) is 1.82. The van der Waals surface area contributed by atoms with Crippen LogP contribution in [0, 0.1) is 13.8 Å². The van der Waals surface area contributed by atoms with E-state index in [0.29, 0.717) is 0 Å². The maximum absolute atomic E-state index is 5.73. The Morgan fingerprint density at radius 2 is 2.00 bits per heavy atom. The molecule has 1 aromatic carbocycles. The van der Waals surface area contributed by atoms with Crippen LogP contribution in [0.4, 0.5) is 0 Å². The van der Waals surface area contributed by atoms with Gasteiger partial charge in [0, 0.05) is 0 Å². The molecule has 1 rings (SSSR count). The van der Waals surface area contributed by atoms with E-state index in [0.717, 1.165) is 11.1 Å². The van der Waals surface area contributed by atoms with E-state index in [1.54, 1.807) is 0 Å². The number of nitrogens with one attached hydrogen (secondary N) is 1. The molecule has 66 valence electrons. The normalized spacial score (nSPS) is 13.0. The van der Waals surface area contributed by atoms with Crippen molar-refractivity contribution in [2.75, 3.05) is 0 Å². The number of hydrazine groups is 1. The molecule has 3 nitrogen and oxygen atoms in total. The van der Waals surface area contributed by atoms with Crippen molar-refractivity contribution in [3.63, 3.8) is 0 Å². The fourth-order valence-electron chi connectivity index (χ4n) is 1.18. The van der Waals surface area contributed by atoms with Crippen LogP contribution in [-0.2, 0) is 0 Å². The highest BCUT2D eigenvalue weighted by molar-refractivity contribution is 5.32. The summed E-state index contributed by atoms with van der Waals surface area (Å²) in [5.74, 6) is 5.25. The molecule has 3 heteroatoms. The first kappa shape index (κ1) is 9.19. The van der Waals surface area contributed by atoms with Gasteiger partial charge in [0.25, 0.3) is 0 Å². The second-order valence-corrected chi connectivity index (χ2v) is 3.00. The Kier molecular flexibility index (Phi) is 2.81. The molecule has 0 aliphatic carbocycles. The molecule has 0 aliphatic rings. The molecule has 0 aromatic heterocycles. The third-order valence-electron chi connectivity index (χ3n) is 1.95. The van der Waals surface area contributed by atoms with Crippen LogP contribution in [0.3, 0.4) is 0 Å². The minimum atomic E-state index is -0.273. The van der Waals surface area contributed by atoms with Crippen LogP contribution < -0.4 is 17.0 Å². The van der Waals surface area contributed by atoms with E-state index in [9.17, 15) is 0 Å². The van der Waals surface area contributed by atoms with Crippen LogP contribution in [0.15, 0.2) is 18.2 Å². The maximum atomic E-state index is 5.73. The summed E-state index contributed by atoms with van der Waals surface area (Å²) in [6, 6.07) is 6.14. The summed E-state index contributed by atoms with van der Waals surface area (Å²) in [4.78, 5) is 0. The van der Waals surface area contributed by atoms with E-state index in [2.05, 4.69) is 11.5 Å². The topological polar surface area (TPSA) is 64.1 Å². The lowest BCUT2D eigenvalue weighted by Gasteiger charge is -2.13. The van der Waals surface area contributed by atoms with Crippen molar-refractivity contribution in [1.29, 1.82) is 0 Å². The Balaban J connectivity index is 3.04. The standard InChI is InChI=1S/C9H15N3/c1-6-3-4-7(2)8(5-6)9(10)12-11/h3-5,9,12H,10-11H2,1-2H3. The molecule has 12 heavy (non-hydrogen) atoms. The van der Waals surface area contributed by atoms with Gasteiger partial charge in [-0.15, -0.1) is 0 Å². The van der Waals surface area contributed by atoms with Gasteiger partial charge in [0.1, 0.15) is 0 Å². The van der Waals surface area contributed by atoms with Crippen molar-refractivity contribution < 1.29 is 0 Å². The highest BCUT2D eigenvalue weighted by Gasteiger charge is 2.05. The zero-order valence-electron chi connectivity index (χ0n) is 7.46. The van der Waals surface area contributed by atoms with Crippen LogP contribution in [0.25, 0.3) is 0 Å². The van der Waals surface area contributed by atoms with Crippen molar-refractivity contribution in [3.8, 4) is 0 Å². The van der Waals surface area contributed by atoms with Crippen LogP contribution in [0.5, 0.6) is 0 Å². The number of benzene rings is 1. The van der Waals surface area contributed by atoms with E-state index in [4.69, 9.17) is 11.6 Å². The molecule has 1 aromatic rings. The van der Waals surface area contributed by atoms with E-state index >= 15 is 0 Å². The molecule has 0 spiro atoms. The third-order valence-corrected chi connectivity index (χ3v) is 1.95. The molecular formula is C9H15N3. The lowest BCUT2D eigenvalue weighted by molar-refractivity contribution is 0.573. The highest BCUT2D eigenvalue weighted by atomic mass is 15.3. The molecule has 0 amide bonds. The average molecular weight is 165 g/mol. The van der Waals surface area contributed by atoms with Gasteiger partial charge in [-0.2, -0.15) is 0 Å². The van der Waals surface area contributed by atoms with Gasteiger partial charge in [-0.1, -0.05) is 23.8 Å². The molecule has 0 heterocycles. The second-order valence-electron chi connectivity index (χ2n) is 3.00. The van der Waals surface area contributed by atoms with Crippen LogP contribution in [-0.4, -0.2) is 0 Å². The number of rotatable bonds is 2. The molecule has 5 N–H and O–H groups in total. The molecule has 0 radical (unpaired) electrons. The predicted molar refractivity (Wildman–Crippen MR) is 50.2 cm³/mol. The lowest BCUT2D eigenvalue weighted by Crippen LogP contribution is -2.34. The summed E-state index contributed by atoms with van der Waals surface area (Å²) >= 11 is 0. The number of hydrogen-bond acceptors (Lipinski definition) is 3.